The van der Waals surface area contributed by atoms with E-state index in [4.69, 9.17) is 9.73 Å². The zero-order valence-corrected chi connectivity index (χ0v) is 18.8. The first-order valence-corrected chi connectivity index (χ1v) is 11.3. The second kappa shape index (κ2) is 11.2. The monoisotopic (exact) mass is 415 g/mol. The number of nitrogens with one attached hydrogen (secondary N) is 1. The van der Waals surface area contributed by atoms with E-state index in [1.54, 1.807) is 7.11 Å². The van der Waals surface area contributed by atoms with E-state index >= 15 is 0 Å². The quantitative estimate of drug-likeness (QED) is 0.544. The van der Waals surface area contributed by atoms with Gasteiger partial charge in [-0.25, -0.2) is 0 Å². The third-order valence-corrected chi connectivity index (χ3v) is 6.09. The third kappa shape index (κ3) is 5.88. The second-order valence-electron chi connectivity index (χ2n) is 8.07. The first kappa shape index (κ1) is 22.4. The number of amides is 1. The molecule has 0 spiro atoms. The van der Waals surface area contributed by atoms with Crippen LogP contribution in [0.4, 0.5) is 0 Å². The SMILES string of the molecule is CCNC(=NCCc1ccc(OC)cc1)N1CCN(C(C)C(=O)N2CCCC2)CC1. The van der Waals surface area contributed by atoms with E-state index < -0.39 is 0 Å². The molecule has 2 aliphatic rings. The van der Waals surface area contributed by atoms with Gasteiger partial charge in [0, 0.05) is 52.4 Å². The third-order valence-electron chi connectivity index (χ3n) is 6.09. The number of hydrogen-bond acceptors (Lipinski definition) is 4. The molecule has 7 nitrogen and oxygen atoms in total. The van der Waals surface area contributed by atoms with E-state index in [0.29, 0.717) is 5.91 Å². The molecule has 1 aromatic rings. The largest absolute Gasteiger partial charge is 0.497 e. The van der Waals surface area contributed by atoms with Crippen molar-refractivity contribution in [1.82, 2.24) is 20.0 Å². The van der Waals surface area contributed by atoms with Gasteiger partial charge >= 0.3 is 0 Å². The van der Waals surface area contributed by atoms with Crippen molar-refractivity contribution >= 4 is 11.9 Å². The predicted molar refractivity (Wildman–Crippen MR) is 121 cm³/mol. The van der Waals surface area contributed by atoms with Crippen LogP contribution in [0, 0.1) is 0 Å². The Bertz CT molecular complexity index is 692. The van der Waals surface area contributed by atoms with Gasteiger partial charge in [-0.1, -0.05) is 12.1 Å². The minimum Gasteiger partial charge on any atom is -0.497 e. The lowest BCUT2D eigenvalue weighted by Crippen LogP contribution is -2.57. The number of nitrogens with zero attached hydrogens (tertiary/aromatic N) is 4. The Morgan fingerprint density at radius 3 is 2.33 bits per heavy atom. The highest BCUT2D eigenvalue weighted by Gasteiger charge is 2.30. The van der Waals surface area contributed by atoms with Crippen molar-refractivity contribution in [3.63, 3.8) is 0 Å². The lowest BCUT2D eigenvalue weighted by Gasteiger charge is -2.39. The highest BCUT2D eigenvalue weighted by Crippen LogP contribution is 2.14. The number of rotatable bonds is 7. The van der Waals surface area contributed by atoms with E-state index in [1.807, 2.05) is 17.0 Å². The zero-order valence-electron chi connectivity index (χ0n) is 18.8. The standard InChI is InChI=1S/C23H37N5O2/c1-4-24-23(25-12-11-20-7-9-21(30-3)10-8-20)28-17-15-26(16-18-28)19(2)22(29)27-13-5-6-14-27/h7-10,19H,4-6,11-18H2,1-3H3,(H,24,25). The van der Waals surface area contributed by atoms with Crippen molar-refractivity contribution < 1.29 is 9.53 Å². The van der Waals surface area contributed by atoms with Crippen LogP contribution in [0.15, 0.2) is 29.3 Å². The molecular weight excluding hydrogens is 378 g/mol. The molecule has 2 saturated heterocycles. The van der Waals surface area contributed by atoms with Crippen molar-refractivity contribution in [2.24, 2.45) is 4.99 Å². The molecule has 7 heteroatoms. The number of hydrogen-bond donors (Lipinski definition) is 1. The molecule has 2 fully saturated rings. The molecule has 0 radical (unpaired) electrons. The molecule has 1 N–H and O–H groups in total. The number of likely N-dealkylation sites (tertiary alicyclic amines) is 1. The van der Waals surface area contributed by atoms with Gasteiger partial charge in [0.1, 0.15) is 5.75 Å². The molecule has 0 aliphatic carbocycles. The van der Waals surface area contributed by atoms with Gasteiger partial charge in [0.15, 0.2) is 5.96 Å². The number of ether oxygens (including phenoxy) is 1. The molecule has 0 saturated carbocycles. The lowest BCUT2D eigenvalue weighted by molar-refractivity contribution is -0.135. The summed E-state index contributed by atoms with van der Waals surface area (Å²) in [6, 6.07) is 8.15. The Kier molecular flexibility index (Phi) is 8.37. The average molecular weight is 416 g/mol. The number of carbonyl (C=O) groups is 1. The van der Waals surface area contributed by atoms with Gasteiger partial charge in [-0.15, -0.1) is 0 Å². The van der Waals surface area contributed by atoms with Gasteiger partial charge in [0.2, 0.25) is 5.91 Å². The number of carbonyl (C=O) groups excluding carboxylic acids is 1. The van der Waals surface area contributed by atoms with Crippen LogP contribution in [-0.2, 0) is 11.2 Å². The first-order chi connectivity index (χ1) is 14.6. The second-order valence-corrected chi connectivity index (χ2v) is 8.07. The maximum absolute atomic E-state index is 12.7. The van der Waals surface area contributed by atoms with Crippen LogP contribution in [0.5, 0.6) is 5.75 Å². The van der Waals surface area contributed by atoms with Crippen LogP contribution >= 0.6 is 0 Å². The number of guanidine groups is 1. The zero-order chi connectivity index (χ0) is 21.3. The van der Waals surface area contributed by atoms with Gasteiger partial charge in [-0.3, -0.25) is 14.7 Å². The summed E-state index contributed by atoms with van der Waals surface area (Å²) in [5, 5.41) is 3.43. The van der Waals surface area contributed by atoms with Gasteiger partial charge in [0.05, 0.1) is 13.2 Å². The highest BCUT2D eigenvalue weighted by atomic mass is 16.5. The normalized spacial score (nSPS) is 19.1. The van der Waals surface area contributed by atoms with Crippen LogP contribution in [0.25, 0.3) is 0 Å². The fourth-order valence-corrected chi connectivity index (χ4v) is 4.19. The number of benzene rings is 1. The molecule has 1 amide bonds. The summed E-state index contributed by atoms with van der Waals surface area (Å²) in [4.78, 5) is 24.2. The molecule has 3 rings (SSSR count). The smallest absolute Gasteiger partial charge is 0.239 e. The summed E-state index contributed by atoms with van der Waals surface area (Å²) >= 11 is 0. The van der Waals surface area contributed by atoms with Crippen molar-refractivity contribution in [1.29, 1.82) is 0 Å². The van der Waals surface area contributed by atoms with E-state index in [0.717, 1.165) is 83.3 Å². The Hall–Kier alpha value is -2.28. The first-order valence-electron chi connectivity index (χ1n) is 11.3. The maximum atomic E-state index is 12.7. The van der Waals surface area contributed by atoms with Crippen LogP contribution < -0.4 is 10.1 Å². The average Bonchev–Trinajstić information content (AvgIpc) is 3.33. The highest BCUT2D eigenvalue weighted by molar-refractivity contribution is 5.82. The van der Waals surface area contributed by atoms with E-state index in [1.165, 1.54) is 5.56 Å². The maximum Gasteiger partial charge on any atom is 0.239 e. The van der Waals surface area contributed by atoms with Gasteiger partial charge in [-0.2, -0.15) is 0 Å². The van der Waals surface area contributed by atoms with Gasteiger partial charge < -0.3 is 19.9 Å². The molecule has 2 aliphatic heterocycles. The Labute approximate surface area is 181 Å². The molecule has 166 valence electrons. The Morgan fingerprint density at radius 1 is 1.07 bits per heavy atom. The topological polar surface area (TPSA) is 60.4 Å². The van der Waals surface area contributed by atoms with Crippen molar-refractivity contribution in [3.8, 4) is 5.75 Å². The number of methoxy groups -OCH3 is 1. The van der Waals surface area contributed by atoms with Crippen LogP contribution in [0.2, 0.25) is 0 Å². The van der Waals surface area contributed by atoms with Gasteiger partial charge in [-0.05, 0) is 50.8 Å². The summed E-state index contributed by atoms with van der Waals surface area (Å²) in [7, 11) is 1.69. The van der Waals surface area contributed by atoms with E-state index in [-0.39, 0.29) is 6.04 Å². The van der Waals surface area contributed by atoms with E-state index in [2.05, 4.69) is 41.1 Å². The summed E-state index contributed by atoms with van der Waals surface area (Å²) in [6.07, 6.45) is 3.19. The van der Waals surface area contributed by atoms with Crippen LogP contribution in [-0.4, -0.2) is 92.1 Å². The Morgan fingerprint density at radius 2 is 1.73 bits per heavy atom. The molecule has 30 heavy (non-hydrogen) atoms. The van der Waals surface area contributed by atoms with Gasteiger partial charge in [0.25, 0.3) is 0 Å². The molecule has 1 unspecified atom stereocenters. The summed E-state index contributed by atoms with van der Waals surface area (Å²) in [5.74, 6) is 2.15. The summed E-state index contributed by atoms with van der Waals surface area (Å²) in [6.45, 7) is 11.2. The number of piperazine rings is 1. The predicted octanol–water partition coefficient (Wildman–Crippen LogP) is 1.83. The van der Waals surface area contributed by atoms with Crippen LogP contribution in [0.1, 0.15) is 32.3 Å². The molecule has 1 atom stereocenters. The Balaban J connectivity index is 1.50. The molecule has 0 bridgehead atoms. The van der Waals surface area contributed by atoms with E-state index in [9.17, 15) is 4.79 Å². The minimum absolute atomic E-state index is 0.0279. The summed E-state index contributed by atoms with van der Waals surface area (Å²) < 4.78 is 5.22. The molecular formula is C23H37N5O2. The minimum atomic E-state index is -0.0279. The van der Waals surface area contributed by atoms with Crippen molar-refractivity contribution in [2.75, 3.05) is 59.5 Å². The van der Waals surface area contributed by atoms with Crippen molar-refractivity contribution in [3.05, 3.63) is 29.8 Å². The fourth-order valence-electron chi connectivity index (χ4n) is 4.19. The lowest BCUT2D eigenvalue weighted by atomic mass is 10.1. The summed E-state index contributed by atoms with van der Waals surface area (Å²) in [5.41, 5.74) is 1.26. The fraction of sp³-hybridized carbons (Fsp3) is 0.652. The van der Waals surface area contributed by atoms with Crippen molar-refractivity contribution in [2.45, 2.75) is 39.2 Å². The molecule has 1 aromatic carbocycles. The molecule has 0 aromatic heterocycles. The number of aliphatic imine (C=N–C) groups is 1. The van der Waals surface area contributed by atoms with Crippen LogP contribution in [0.3, 0.4) is 0 Å². The molecule has 2 heterocycles.